The van der Waals surface area contributed by atoms with Crippen molar-refractivity contribution in [2.75, 3.05) is 27.3 Å². The maximum atomic E-state index is 6.27. The Morgan fingerprint density at radius 1 is 1.32 bits per heavy atom. The van der Waals surface area contributed by atoms with Crippen molar-refractivity contribution < 1.29 is 4.74 Å². The molecule has 3 atom stereocenters. The van der Waals surface area contributed by atoms with Gasteiger partial charge in [0.05, 0.1) is 6.61 Å². The van der Waals surface area contributed by atoms with Crippen LogP contribution in [0.5, 0.6) is 0 Å². The Balaban J connectivity index is 2.85. The van der Waals surface area contributed by atoms with Gasteiger partial charge in [0.2, 0.25) is 0 Å². The Morgan fingerprint density at radius 3 is 2.47 bits per heavy atom. The summed E-state index contributed by atoms with van der Waals surface area (Å²) in [6.45, 7) is 5.64. The van der Waals surface area contributed by atoms with Crippen molar-refractivity contribution in [1.29, 1.82) is 0 Å². The van der Waals surface area contributed by atoms with Gasteiger partial charge >= 0.3 is 0 Å². The molecule has 19 heavy (non-hydrogen) atoms. The Bertz CT molecular complexity index is 386. The summed E-state index contributed by atoms with van der Waals surface area (Å²) in [6, 6.07) is 8.46. The van der Waals surface area contributed by atoms with Gasteiger partial charge in [0.25, 0.3) is 0 Å². The third-order valence-electron chi connectivity index (χ3n) is 3.82. The molecule has 3 nitrogen and oxygen atoms in total. The van der Waals surface area contributed by atoms with E-state index < -0.39 is 0 Å². The molecule has 4 heteroatoms. The van der Waals surface area contributed by atoms with E-state index in [1.165, 1.54) is 0 Å². The van der Waals surface area contributed by atoms with Crippen molar-refractivity contribution in [1.82, 2.24) is 4.90 Å². The first-order valence-electron chi connectivity index (χ1n) is 6.68. The first-order valence-corrected chi connectivity index (χ1v) is 7.06. The Morgan fingerprint density at radius 2 is 1.95 bits per heavy atom. The van der Waals surface area contributed by atoms with Gasteiger partial charge in [-0.3, -0.25) is 4.90 Å². The average Bonchev–Trinajstić information content (AvgIpc) is 2.39. The number of ether oxygens (including phenoxy) is 1. The second kappa shape index (κ2) is 7.85. The highest BCUT2D eigenvalue weighted by Crippen LogP contribution is 2.28. The van der Waals surface area contributed by atoms with Gasteiger partial charge in [0.15, 0.2) is 0 Å². The van der Waals surface area contributed by atoms with Crippen LogP contribution in [-0.2, 0) is 4.74 Å². The minimum atomic E-state index is 0.224. The molecule has 0 amide bonds. The fraction of sp³-hybridized carbons (Fsp3) is 0.600. The van der Waals surface area contributed by atoms with Crippen LogP contribution in [0.1, 0.15) is 25.5 Å². The quantitative estimate of drug-likeness (QED) is 0.837. The zero-order chi connectivity index (χ0) is 14.4. The fourth-order valence-corrected chi connectivity index (χ4v) is 2.79. The van der Waals surface area contributed by atoms with E-state index in [-0.39, 0.29) is 12.1 Å². The van der Waals surface area contributed by atoms with Crippen LogP contribution in [0.25, 0.3) is 0 Å². The number of likely N-dealkylation sites (N-methyl/N-ethyl adjacent to an activating group) is 1. The summed E-state index contributed by atoms with van der Waals surface area (Å²) in [7, 11) is 3.82. The molecular weight excluding hydrogens is 260 g/mol. The predicted molar refractivity (Wildman–Crippen MR) is 81.5 cm³/mol. The lowest BCUT2D eigenvalue weighted by molar-refractivity contribution is 0.0802. The summed E-state index contributed by atoms with van der Waals surface area (Å²) in [4.78, 5) is 2.28. The molecule has 3 unspecified atom stereocenters. The van der Waals surface area contributed by atoms with Gasteiger partial charge in [-0.2, -0.15) is 0 Å². The third kappa shape index (κ3) is 4.18. The second-order valence-corrected chi connectivity index (χ2v) is 5.51. The molecule has 0 aliphatic carbocycles. The Kier molecular flexibility index (Phi) is 6.80. The first kappa shape index (κ1) is 16.4. The van der Waals surface area contributed by atoms with Crippen LogP contribution >= 0.6 is 11.6 Å². The smallest absolute Gasteiger partial charge is 0.0503 e. The van der Waals surface area contributed by atoms with E-state index in [0.717, 1.165) is 10.6 Å². The molecule has 0 radical (unpaired) electrons. The van der Waals surface area contributed by atoms with Crippen LogP contribution < -0.4 is 5.73 Å². The molecule has 0 aliphatic heterocycles. The molecule has 1 aromatic rings. The Labute approximate surface area is 121 Å². The number of nitrogens with zero attached hydrogens (tertiary/aromatic N) is 1. The highest BCUT2D eigenvalue weighted by molar-refractivity contribution is 6.31. The molecule has 0 bridgehead atoms. The SMILES string of the molecule is COCC(C)C(CN)N(C)C(C)c1ccccc1Cl. The van der Waals surface area contributed by atoms with Crippen LogP contribution in [0.15, 0.2) is 24.3 Å². The molecule has 0 heterocycles. The minimum Gasteiger partial charge on any atom is -0.384 e. The number of hydrogen-bond acceptors (Lipinski definition) is 3. The molecule has 0 aliphatic rings. The van der Waals surface area contributed by atoms with Crippen LogP contribution in [0, 0.1) is 5.92 Å². The summed E-state index contributed by atoms with van der Waals surface area (Å²) in [5.41, 5.74) is 7.06. The van der Waals surface area contributed by atoms with Crippen LogP contribution in [0.3, 0.4) is 0 Å². The summed E-state index contributed by atoms with van der Waals surface area (Å²) in [5.74, 6) is 0.380. The van der Waals surface area contributed by atoms with Crippen molar-refractivity contribution in [3.8, 4) is 0 Å². The highest BCUT2D eigenvalue weighted by Gasteiger charge is 2.25. The average molecular weight is 285 g/mol. The molecule has 0 aromatic heterocycles. The van der Waals surface area contributed by atoms with Gasteiger partial charge in [0, 0.05) is 30.8 Å². The lowest BCUT2D eigenvalue weighted by atomic mass is 9.98. The van der Waals surface area contributed by atoms with E-state index in [9.17, 15) is 0 Å². The minimum absolute atomic E-state index is 0.224. The number of hydrogen-bond donors (Lipinski definition) is 1. The fourth-order valence-electron chi connectivity index (χ4n) is 2.49. The third-order valence-corrected chi connectivity index (χ3v) is 4.16. The molecular formula is C15H25ClN2O. The second-order valence-electron chi connectivity index (χ2n) is 5.10. The number of methoxy groups -OCH3 is 1. The lowest BCUT2D eigenvalue weighted by Gasteiger charge is -2.36. The van der Waals surface area contributed by atoms with E-state index in [1.54, 1.807) is 7.11 Å². The van der Waals surface area contributed by atoms with Crippen molar-refractivity contribution >= 4 is 11.6 Å². The largest absolute Gasteiger partial charge is 0.384 e. The predicted octanol–water partition coefficient (Wildman–Crippen LogP) is 2.94. The first-order chi connectivity index (χ1) is 9.02. The topological polar surface area (TPSA) is 38.5 Å². The van der Waals surface area contributed by atoms with Gasteiger partial charge in [-0.1, -0.05) is 36.7 Å². The Hall–Kier alpha value is -0.610. The van der Waals surface area contributed by atoms with Crippen molar-refractivity contribution in [2.24, 2.45) is 11.7 Å². The highest BCUT2D eigenvalue weighted by atomic mass is 35.5. The summed E-state index contributed by atoms with van der Waals surface area (Å²) < 4.78 is 5.24. The van der Waals surface area contributed by atoms with Crippen molar-refractivity contribution in [2.45, 2.75) is 25.9 Å². The van der Waals surface area contributed by atoms with E-state index in [4.69, 9.17) is 22.1 Å². The van der Waals surface area contributed by atoms with E-state index >= 15 is 0 Å². The molecule has 0 fully saturated rings. The number of rotatable bonds is 7. The van der Waals surface area contributed by atoms with E-state index in [0.29, 0.717) is 19.1 Å². The molecule has 108 valence electrons. The van der Waals surface area contributed by atoms with Gasteiger partial charge < -0.3 is 10.5 Å². The number of halogens is 1. The summed E-state index contributed by atoms with van der Waals surface area (Å²) in [6.07, 6.45) is 0. The summed E-state index contributed by atoms with van der Waals surface area (Å²) in [5, 5.41) is 0.803. The van der Waals surface area contributed by atoms with E-state index in [2.05, 4.69) is 31.9 Å². The normalized spacial score (nSPS) is 16.4. The maximum Gasteiger partial charge on any atom is 0.0503 e. The van der Waals surface area contributed by atoms with Crippen LogP contribution in [0.2, 0.25) is 5.02 Å². The monoisotopic (exact) mass is 284 g/mol. The van der Waals surface area contributed by atoms with Crippen LogP contribution in [-0.4, -0.2) is 38.3 Å². The molecule has 2 N–H and O–H groups in total. The lowest BCUT2D eigenvalue weighted by Crippen LogP contribution is -2.45. The molecule has 1 rings (SSSR count). The van der Waals surface area contributed by atoms with Gasteiger partial charge in [0.1, 0.15) is 0 Å². The van der Waals surface area contributed by atoms with Crippen molar-refractivity contribution in [3.05, 3.63) is 34.9 Å². The van der Waals surface area contributed by atoms with E-state index in [1.807, 2.05) is 18.2 Å². The molecule has 1 aromatic carbocycles. The van der Waals surface area contributed by atoms with Gasteiger partial charge in [-0.05, 0) is 31.5 Å². The number of benzene rings is 1. The standard InChI is InChI=1S/C15H25ClN2O/c1-11(10-19-4)15(9-17)18(3)12(2)13-7-5-6-8-14(13)16/h5-8,11-12,15H,9-10,17H2,1-4H3. The van der Waals surface area contributed by atoms with Gasteiger partial charge in [-0.25, -0.2) is 0 Å². The molecule has 0 spiro atoms. The zero-order valence-electron chi connectivity index (χ0n) is 12.3. The van der Waals surface area contributed by atoms with Gasteiger partial charge in [-0.15, -0.1) is 0 Å². The van der Waals surface area contributed by atoms with Crippen molar-refractivity contribution in [3.63, 3.8) is 0 Å². The maximum absolute atomic E-state index is 6.27. The van der Waals surface area contributed by atoms with Crippen LogP contribution in [0.4, 0.5) is 0 Å². The molecule has 0 saturated heterocycles. The molecule has 0 saturated carbocycles. The number of nitrogens with two attached hydrogens (primary N) is 1. The zero-order valence-corrected chi connectivity index (χ0v) is 13.0. The summed E-state index contributed by atoms with van der Waals surface area (Å²) >= 11 is 6.27.